The quantitative estimate of drug-likeness (QED) is 0.350. The number of thioether (sulfide) groups is 1. The minimum absolute atomic E-state index is 0. The molecule has 152 valence electrons. The molecule has 2 saturated carbocycles. The first-order valence-corrected chi connectivity index (χ1v) is 8.10. The molecule has 2 bridgehead atoms. The summed E-state index contributed by atoms with van der Waals surface area (Å²) in [5.74, 6) is 1.99. The molecule has 0 amide bonds. The van der Waals surface area contributed by atoms with E-state index < -0.39 is 0 Å². The van der Waals surface area contributed by atoms with Gasteiger partial charge in [0.1, 0.15) is 12.2 Å². The Labute approximate surface area is 186 Å². The Kier molecular flexibility index (Phi) is 38.6. The first-order valence-electron chi connectivity index (χ1n) is 6.71. The molecule has 0 aliphatic heterocycles. The molecule has 2 aliphatic carbocycles. The first-order chi connectivity index (χ1) is 12.1. The normalized spacial score (nSPS) is 23.4. The van der Waals surface area contributed by atoms with Crippen LogP contribution in [0.15, 0.2) is 0 Å². The molecule has 0 unspecified atom stereocenters. The molecule has 2 rings (SSSR count). The third kappa shape index (κ3) is 9.96. The molecular weight excluding hydrogens is 462 g/mol. The number of terminal acetylenes is 1. The zero-order valence-electron chi connectivity index (χ0n) is 15.1. The van der Waals surface area contributed by atoms with E-state index in [2.05, 4.69) is 59.5 Å². The number of rotatable bonds is 3. The Morgan fingerprint density at radius 1 is 1.00 bits per heavy atom. The van der Waals surface area contributed by atoms with Gasteiger partial charge in [-0.1, -0.05) is 20.3 Å². The van der Waals surface area contributed by atoms with Crippen molar-refractivity contribution in [2.45, 2.75) is 39.2 Å². The van der Waals surface area contributed by atoms with Crippen molar-refractivity contribution >= 4 is 11.8 Å². The van der Waals surface area contributed by atoms with E-state index in [0.717, 1.165) is 12.3 Å². The first kappa shape index (κ1) is 40.9. The molecule has 0 N–H and O–H groups in total. The van der Waals surface area contributed by atoms with Crippen molar-refractivity contribution < 1.29 is 61.6 Å². The summed E-state index contributed by atoms with van der Waals surface area (Å²) in [5.41, 5.74) is 0.723. The summed E-state index contributed by atoms with van der Waals surface area (Å²) in [6.07, 6.45) is 14.0. The van der Waals surface area contributed by atoms with Crippen LogP contribution >= 0.6 is 11.8 Å². The van der Waals surface area contributed by atoms with Crippen LogP contribution in [0.4, 0.5) is 0 Å². The second-order valence-corrected chi connectivity index (χ2v) is 6.37. The van der Waals surface area contributed by atoms with Crippen LogP contribution in [0.5, 0.6) is 0 Å². The van der Waals surface area contributed by atoms with Gasteiger partial charge in [0.05, 0.1) is 0 Å². The summed E-state index contributed by atoms with van der Waals surface area (Å²) < 4.78 is 43.0. The number of hydrogen-bond acceptors (Lipinski definition) is 2. The van der Waals surface area contributed by atoms with Gasteiger partial charge in [0.15, 0.2) is 0 Å². The molecule has 2 fully saturated rings. The molecular formula is C18H20Co2O6S. The van der Waals surface area contributed by atoms with Crippen molar-refractivity contribution in [1.82, 2.24) is 0 Å². The van der Waals surface area contributed by atoms with Gasteiger partial charge in [-0.15, -0.1) is 0 Å². The van der Waals surface area contributed by atoms with Crippen molar-refractivity contribution in [2.75, 3.05) is 12.0 Å². The van der Waals surface area contributed by atoms with Crippen LogP contribution in [-0.4, -0.2) is 18.1 Å². The number of ether oxygens (including phenoxy) is 1. The third-order valence-corrected chi connectivity index (χ3v) is 5.77. The maximum Gasteiger partial charge on any atom is 0 e. The van der Waals surface area contributed by atoms with Gasteiger partial charge in [0.25, 0.3) is 0 Å². The largest absolute Gasteiger partial charge is 0 e. The molecule has 2 aliphatic rings. The Morgan fingerprint density at radius 3 is 1.70 bits per heavy atom. The van der Waals surface area contributed by atoms with Crippen LogP contribution < -0.4 is 0 Å². The van der Waals surface area contributed by atoms with E-state index in [9.17, 15) is 0 Å². The molecule has 0 aromatic carbocycles. The van der Waals surface area contributed by atoms with Crippen LogP contribution in [0.3, 0.4) is 0 Å². The monoisotopic (exact) mass is 482 g/mol. The van der Waals surface area contributed by atoms with Gasteiger partial charge >= 0.3 is 56.5 Å². The van der Waals surface area contributed by atoms with E-state index in [1.165, 1.54) is 18.6 Å². The van der Waals surface area contributed by atoms with Crippen LogP contribution in [0.1, 0.15) is 33.1 Å². The van der Waals surface area contributed by atoms with E-state index in [1.54, 1.807) is 0 Å². The molecule has 0 aromatic heterocycles. The average Bonchev–Trinajstić information content (AvgIpc) is 3.06. The fourth-order valence-electron chi connectivity index (χ4n) is 3.85. The zero-order valence-corrected chi connectivity index (χ0v) is 18.0. The van der Waals surface area contributed by atoms with E-state index in [-0.39, 0.29) is 33.6 Å². The summed E-state index contributed by atoms with van der Waals surface area (Å²) in [6, 6.07) is 0. The molecule has 27 heavy (non-hydrogen) atoms. The van der Waals surface area contributed by atoms with Crippen LogP contribution in [0.25, 0.3) is 0 Å². The van der Waals surface area contributed by atoms with Gasteiger partial charge < -0.3 is 4.74 Å². The molecule has 9 heteroatoms. The Bertz CT molecular complexity index is 458. The maximum atomic E-state index is 7.50. The molecule has 0 spiro atoms. The molecule has 3 atom stereocenters. The van der Waals surface area contributed by atoms with Gasteiger partial charge in [-0.25, -0.2) is 0 Å². The van der Waals surface area contributed by atoms with Crippen LogP contribution in [0.2, 0.25) is 0 Å². The van der Waals surface area contributed by atoms with E-state index in [1.807, 2.05) is 11.8 Å². The van der Waals surface area contributed by atoms with Crippen molar-refractivity contribution in [1.29, 1.82) is 0 Å². The SMILES string of the molecule is C#CO[C@@H]1C[C@H]2CC[C@]1(CSC)C2(C)C.[C-]#[O+].[C-]#[O+].[C-]#[O+].[C-]#[O+].[C-]#[O+].[Co].[Co]. The molecule has 6 nitrogen and oxygen atoms in total. The third-order valence-electron chi connectivity index (χ3n) is 4.97. The summed E-state index contributed by atoms with van der Waals surface area (Å²) in [5, 5.41) is 0. The van der Waals surface area contributed by atoms with Gasteiger partial charge in [0, 0.05) is 44.7 Å². The fourth-order valence-corrected chi connectivity index (χ4v) is 5.06. The topological polar surface area (TPSA) is 109 Å². The molecule has 0 aromatic rings. The number of fused-ring (bicyclic) bond motifs is 2. The molecule has 0 saturated heterocycles. The smallest absolute Gasteiger partial charge is 0 e. The summed E-state index contributed by atoms with van der Waals surface area (Å²) in [6.45, 7) is 27.3. The van der Waals surface area contributed by atoms with E-state index in [4.69, 9.17) is 34.4 Å². The Hall–Kier alpha value is -0.577. The van der Waals surface area contributed by atoms with E-state index in [0.29, 0.717) is 16.9 Å². The predicted molar refractivity (Wildman–Crippen MR) is 85.3 cm³/mol. The second kappa shape index (κ2) is 25.4. The number of hydrogen-bond donors (Lipinski definition) is 0. The van der Waals surface area contributed by atoms with Gasteiger partial charge in [-0.05, 0) is 36.9 Å². The maximum absolute atomic E-state index is 7.50. The van der Waals surface area contributed by atoms with Crippen molar-refractivity contribution in [3.63, 3.8) is 0 Å². The molecule has 0 heterocycles. The van der Waals surface area contributed by atoms with Gasteiger partial charge in [-0.3, -0.25) is 0 Å². The average molecular weight is 482 g/mol. The van der Waals surface area contributed by atoms with Crippen LogP contribution in [-0.2, 0) is 61.6 Å². The Balaban J connectivity index is -0.0000000805. The van der Waals surface area contributed by atoms with Crippen molar-refractivity contribution in [3.05, 3.63) is 33.3 Å². The summed E-state index contributed by atoms with van der Waals surface area (Å²) in [4.78, 5) is 0. The second-order valence-electron chi connectivity index (χ2n) is 5.51. The standard InChI is InChI=1S/C13H20OS.5CO.2Co/c1-5-14-11-8-10-6-7-13(11,9-15-4)12(10,2)3;5*1-2;;/h1,10-11H,6-9H2,2-4H3;;;;;;;/t10-,11-,13-;;;;;;;/m1......./s1. The molecule has 2 radical (unpaired) electrons. The van der Waals surface area contributed by atoms with Crippen molar-refractivity contribution in [3.8, 4) is 12.5 Å². The minimum atomic E-state index is 0. The van der Waals surface area contributed by atoms with Gasteiger partial charge in [-0.2, -0.15) is 11.8 Å². The zero-order chi connectivity index (χ0) is 21.1. The van der Waals surface area contributed by atoms with E-state index >= 15 is 0 Å². The fraction of sp³-hybridized carbons (Fsp3) is 0.611. The van der Waals surface area contributed by atoms with Gasteiger partial charge in [0.2, 0.25) is 0 Å². The summed E-state index contributed by atoms with van der Waals surface area (Å²) >= 11 is 1.93. The summed E-state index contributed by atoms with van der Waals surface area (Å²) in [7, 11) is 0. The van der Waals surface area contributed by atoms with Crippen LogP contribution in [0, 0.1) is 62.5 Å². The Morgan fingerprint density at radius 2 is 1.41 bits per heavy atom. The minimum Gasteiger partial charge on any atom is 0 e. The predicted octanol–water partition coefficient (Wildman–Crippen LogP) is 2.96. The van der Waals surface area contributed by atoms with Crippen molar-refractivity contribution in [2.24, 2.45) is 16.7 Å².